The number of allylic oxidation sites excluding steroid dienone is 3. The van der Waals surface area contributed by atoms with Crippen molar-refractivity contribution >= 4 is 5.69 Å². The normalized spacial score (nSPS) is 31.1. The van der Waals surface area contributed by atoms with E-state index in [4.69, 9.17) is 10.5 Å². The van der Waals surface area contributed by atoms with E-state index in [-0.39, 0.29) is 24.2 Å². The standard InChI is InChI=1S/C22H28F3N3O/c23-22(24,25)15-6-9-19-18(12-15)21-17(8-7-16(29-21)13-27-11-10-26)20(28-19)14-4-2-1-3-5-14/h1-4,6,9,12,14,16-17,20-21,27-28H,5,7-8,10-11,13,26H2/t14?,16-,17+,20+,21+/m1/s1. The zero-order valence-electron chi connectivity index (χ0n) is 16.3. The van der Waals surface area contributed by atoms with E-state index >= 15 is 0 Å². The summed E-state index contributed by atoms with van der Waals surface area (Å²) in [4.78, 5) is 0. The van der Waals surface area contributed by atoms with Crippen LogP contribution in [0.25, 0.3) is 0 Å². The number of anilines is 1. The molecule has 0 amide bonds. The molecule has 29 heavy (non-hydrogen) atoms. The summed E-state index contributed by atoms with van der Waals surface area (Å²) >= 11 is 0. The quantitative estimate of drug-likeness (QED) is 0.646. The number of halogens is 3. The predicted octanol–water partition coefficient (Wildman–Crippen LogP) is 4.02. The SMILES string of the molecule is NCCNC[C@H]1CC[C@@H]2[C@H](O1)c1cc(C(F)(F)F)ccc1N[C@H]2C1C=CC=CC1. The second-order valence-electron chi connectivity index (χ2n) is 8.10. The first-order valence-corrected chi connectivity index (χ1v) is 10.3. The smallest absolute Gasteiger partial charge is 0.381 e. The summed E-state index contributed by atoms with van der Waals surface area (Å²) in [5.74, 6) is 0.441. The molecule has 1 unspecified atom stereocenters. The third kappa shape index (κ3) is 4.37. The van der Waals surface area contributed by atoms with Crippen LogP contribution in [0.2, 0.25) is 0 Å². The fourth-order valence-electron chi connectivity index (χ4n) is 4.78. The Bertz CT molecular complexity index is 777. The number of nitrogens with one attached hydrogen (secondary N) is 2. The molecule has 3 aliphatic rings. The molecule has 7 heteroatoms. The lowest BCUT2D eigenvalue weighted by Gasteiger charge is -2.47. The largest absolute Gasteiger partial charge is 0.416 e. The molecule has 1 aliphatic carbocycles. The number of rotatable bonds is 5. The van der Waals surface area contributed by atoms with Crippen molar-refractivity contribution in [2.24, 2.45) is 17.6 Å². The van der Waals surface area contributed by atoms with E-state index in [9.17, 15) is 13.2 Å². The van der Waals surface area contributed by atoms with Crippen LogP contribution in [-0.4, -0.2) is 31.8 Å². The fourth-order valence-corrected chi connectivity index (χ4v) is 4.78. The topological polar surface area (TPSA) is 59.3 Å². The number of ether oxygens (including phenoxy) is 1. The number of hydrogen-bond acceptors (Lipinski definition) is 4. The summed E-state index contributed by atoms with van der Waals surface area (Å²) in [6.45, 7) is 1.91. The maximum absolute atomic E-state index is 13.3. The number of nitrogens with two attached hydrogens (primary N) is 1. The molecule has 4 N–H and O–H groups in total. The monoisotopic (exact) mass is 407 g/mol. The highest BCUT2D eigenvalue weighted by Gasteiger charge is 2.44. The average molecular weight is 407 g/mol. The van der Waals surface area contributed by atoms with Crippen LogP contribution in [0.5, 0.6) is 0 Å². The minimum absolute atomic E-state index is 0.0225. The van der Waals surface area contributed by atoms with Crippen molar-refractivity contribution < 1.29 is 17.9 Å². The maximum Gasteiger partial charge on any atom is 0.416 e. The predicted molar refractivity (Wildman–Crippen MR) is 108 cm³/mol. The number of fused-ring (bicyclic) bond motifs is 3. The van der Waals surface area contributed by atoms with Gasteiger partial charge in [-0.1, -0.05) is 24.3 Å². The van der Waals surface area contributed by atoms with E-state index in [1.807, 2.05) is 6.08 Å². The lowest BCUT2D eigenvalue weighted by molar-refractivity contribution is -0.138. The summed E-state index contributed by atoms with van der Waals surface area (Å²) in [5, 5.41) is 6.82. The zero-order valence-corrected chi connectivity index (χ0v) is 16.3. The van der Waals surface area contributed by atoms with Crippen LogP contribution in [0.1, 0.15) is 36.5 Å². The lowest BCUT2D eigenvalue weighted by Crippen LogP contribution is -2.48. The Morgan fingerprint density at radius 2 is 2.07 bits per heavy atom. The molecule has 2 aliphatic heterocycles. The van der Waals surface area contributed by atoms with Crippen molar-refractivity contribution in [3.8, 4) is 0 Å². The van der Waals surface area contributed by atoms with Gasteiger partial charge < -0.3 is 21.1 Å². The summed E-state index contributed by atoms with van der Waals surface area (Å²) < 4.78 is 46.4. The summed E-state index contributed by atoms with van der Waals surface area (Å²) in [6.07, 6.45) is 6.43. The Morgan fingerprint density at radius 3 is 2.79 bits per heavy atom. The molecule has 4 nitrogen and oxygen atoms in total. The van der Waals surface area contributed by atoms with Crippen LogP contribution in [0.3, 0.4) is 0 Å². The van der Waals surface area contributed by atoms with Gasteiger partial charge in [-0.3, -0.25) is 0 Å². The van der Waals surface area contributed by atoms with Crippen LogP contribution in [0, 0.1) is 11.8 Å². The lowest BCUT2D eigenvalue weighted by atomic mass is 9.73. The number of alkyl halides is 3. The second kappa shape index (κ2) is 8.50. The minimum Gasteiger partial charge on any atom is -0.381 e. The Labute approximate surface area is 169 Å². The number of hydrogen-bond donors (Lipinski definition) is 3. The van der Waals surface area contributed by atoms with Gasteiger partial charge in [-0.05, 0) is 37.5 Å². The molecule has 0 bridgehead atoms. The Morgan fingerprint density at radius 1 is 1.21 bits per heavy atom. The molecule has 1 aromatic rings. The number of benzene rings is 1. The van der Waals surface area contributed by atoms with E-state index in [1.165, 1.54) is 6.07 Å². The van der Waals surface area contributed by atoms with Gasteiger partial charge in [0, 0.05) is 48.8 Å². The summed E-state index contributed by atoms with van der Waals surface area (Å²) in [5.41, 5.74) is 6.30. The van der Waals surface area contributed by atoms with Crippen LogP contribution in [-0.2, 0) is 10.9 Å². The minimum atomic E-state index is -4.37. The molecule has 0 saturated carbocycles. The molecular weight excluding hydrogens is 379 g/mol. The van der Waals surface area contributed by atoms with Gasteiger partial charge in [-0.15, -0.1) is 0 Å². The van der Waals surface area contributed by atoms with Crippen molar-refractivity contribution in [2.75, 3.05) is 25.0 Å². The van der Waals surface area contributed by atoms with Crippen LogP contribution < -0.4 is 16.4 Å². The highest BCUT2D eigenvalue weighted by atomic mass is 19.4. The Balaban J connectivity index is 1.63. The Kier molecular flexibility index (Phi) is 5.99. The van der Waals surface area contributed by atoms with E-state index < -0.39 is 11.7 Å². The van der Waals surface area contributed by atoms with Crippen LogP contribution in [0.4, 0.5) is 18.9 Å². The van der Waals surface area contributed by atoms with Gasteiger partial charge in [0.25, 0.3) is 0 Å². The maximum atomic E-state index is 13.3. The molecule has 4 rings (SSSR count). The first-order chi connectivity index (χ1) is 14.0. The van der Waals surface area contributed by atoms with Crippen LogP contribution >= 0.6 is 0 Å². The van der Waals surface area contributed by atoms with E-state index in [1.54, 1.807) is 6.07 Å². The van der Waals surface area contributed by atoms with Gasteiger partial charge in [0.05, 0.1) is 17.8 Å². The van der Waals surface area contributed by atoms with Gasteiger partial charge >= 0.3 is 6.18 Å². The van der Waals surface area contributed by atoms with Gasteiger partial charge in [-0.2, -0.15) is 13.2 Å². The van der Waals surface area contributed by atoms with Crippen molar-refractivity contribution in [1.29, 1.82) is 0 Å². The molecule has 0 radical (unpaired) electrons. The third-order valence-electron chi connectivity index (χ3n) is 6.19. The molecule has 1 fully saturated rings. The molecule has 2 heterocycles. The van der Waals surface area contributed by atoms with Gasteiger partial charge in [-0.25, -0.2) is 0 Å². The van der Waals surface area contributed by atoms with Gasteiger partial charge in [0.1, 0.15) is 0 Å². The summed E-state index contributed by atoms with van der Waals surface area (Å²) in [6, 6.07) is 4.12. The molecule has 0 spiro atoms. The van der Waals surface area contributed by atoms with Crippen molar-refractivity contribution in [1.82, 2.24) is 5.32 Å². The van der Waals surface area contributed by atoms with Gasteiger partial charge in [0.2, 0.25) is 0 Å². The highest BCUT2D eigenvalue weighted by molar-refractivity contribution is 5.58. The summed E-state index contributed by atoms with van der Waals surface area (Å²) in [7, 11) is 0. The molecule has 1 saturated heterocycles. The van der Waals surface area contributed by atoms with Gasteiger partial charge in [0.15, 0.2) is 0 Å². The van der Waals surface area contributed by atoms with Crippen molar-refractivity contribution in [3.05, 3.63) is 53.6 Å². The molecule has 158 valence electrons. The first-order valence-electron chi connectivity index (χ1n) is 10.3. The molecule has 5 atom stereocenters. The zero-order chi connectivity index (χ0) is 20.4. The van der Waals surface area contributed by atoms with E-state index in [0.717, 1.165) is 31.0 Å². The van der Waals surface area contributed by atoms with E-state index in [2.05, 4.69) is 28.9 Å². The Hall–Kier alpha value is -1.83. The fraction of sp³-hybridized carbons (Fsp3) is 0.545. The molecular formula is C22H28F3N3O. The average Bonchev–Trinajstić information content (AvgIpc) is 2.73. The third-order valence-corrected chi connectivity index (χ3v) is 6.19. The second-order valence-corrected chi connectivity index (χ2v) is 8.10. The van der Waals surface area contributed by atoms with Crippen molar-refractivity contribution in [3.63, 3.8) is 0 Å². The van der Waals surface area contributed by atoms with E-state index in [0.29, 0.717) is 31.1 Å². The highest BCUT2D eigenvalue weighted by Crippen LogP contribution is 2.49. The first kappa shape index (κ1) is 20.4. The molecule has 0 aromatic heterocycles. The molecule has 1 aromatic carbocycles. The van der Waals surface area contributed by atoms with Crippen molar-refractivity contribution in [2.45, 2.75) is 43.7 Å². The van der Waals surface area contributed by atoms with Crippen LogP contribution in [0.15, 0.2) is 42.5 Å².